The highest BCUT2D eigenvalue weighted by molar-refractivity contribution is 7.48. The standard InChI is InChI=1S/C20H23Cl2N4O9P/c1-6-32-36(31,33-7-2)35-14-9-12(8-13(17(14)27)26(29)30)20-23-19(25-34-20)15(18(22)24-28)11(5)16(21)10(3)4/h8-9,24,27-28H,3,6-7H2,1-2,4-5H3/p-1/b16-11+,18-15+. The molecule has 0 radical (unpaired) electrons. The Morgan fingerprint density at radius 2 is 1.89 bits per heavy atom. The van der Waals surface area contributed by atoms with Crippen LogP contribution in [0.1, 0.15) is 33.5 Å². The molecule has 0 atom stereocenters. The van der Waals surface area contributed by atoms with Crippen molar-refractivity contribution in [1.82, 2.24) is 15.6 Å². The molecule has 2 rings (SSSR count). The minimum Gasteiger partial charge on any atom is -0.865 e. The number of benzene rings is 1. The second kappa shape index (κ2) is 12.3. The van der Waals surface area contributed by atoms with Gasteiger partial charge in [0.2, 0.25) is 5.82 Å². The lowest BCUT2D eigenvalue weighted by molar-refractivity contribution is -0.398. The number of hydrogen-bond donors (Lipinski definition) is 2. The highest BCUT2D eigenvalue weighted by atomic mass is 35.5. The van der Waals surface area contributed by atoms with Crippen LogP contribution in [0.5, 0.6) is 11.5 Å². The maximum Gasteiger partial charge on any atom is 0.530 e. The van der Waals surface area contributed by atoms with Gasteiger partial charge in [-0.2, -0.15) is 4.98 Å². The number of hydroxylamine groups is 1. The van der Waals surface area contributed by atoms with E-state index in [2.05, 4.69) is 16.7 Å². The zero-order chi connectivity index (χ0) is 27.2. The first-order valence-electron chi connectivity index (χ1n) is 10.1. The van der Waals surface area contributed by atoms with E-state index in [1.807, 2.05) is 0 Å². The van der Waals surface area contributed by atoms with Crippen LogP contribution in [0.2, 0.25) is 0 Å². The summed E-state index contributed by atoms with van der Waals surface area (Å²) >= 11 is 12.3. The third-order valence-corrected chi connectivity index (χ3v) is 6.76. The van der Waals surface area contributed by atoms with Crippen LogP contribution in [0.4, 0.5) is 5.69 Å². The van der Waals surface area contributed by atoms with E-state index in [9.17, 15) is 25.0 Å². The van der Waals surface area contributed by atoms with Gasteiger partial charge in [-0.3, -0.25) is 29.8 Å². The molecule has 36 heavy (non-hydrogen) atoms. The van der Waals surface area contributed by atoms with E-state index in [0.717, 1.165) is 12.1 Å². The van der Waals surface area contributed by atoms with Gasteiger partial charge >= 0.3 is 7.82 Å². The highest BCUT2D eigenvalue weighted by Crippen LogP contribution is 2.52. The number of rotatable bonds is 12. The molecule has 0 aliphatic heterocycles. The first-order chi connectivity index (χ1) is 16.9. The molecule has 1 aromatic carbocycles. The van der Waals surface area contributed by atoms with Crippen LogP contribution in [-0.4, -0.2) is 33.5 Å². The van der Waals surface area contributed by atoms with Gasteiger partial charge in [0.25, 0.3) is 11.6 Å². The van der Waals surface area contributed by atoms with E-state index in [1.165, 1.54) is 13.8 Å². The van der Waals surface area contributed by atoms with E-state index in [0.29, 0.717) is 11.1 Å². The Labute approximate surface area is 215 Å². The van der Waals surface area contributed by atoms with E-state index in [1.54, 1.807) is 19.3 Å². The minimum atomic E-state index is -4.27. The third kappa shape index (κ3) is 6.64. The van der Waals surface area contributed by atoms with Crippen molar-refractivity contribution in [1.29, 1.82) is 0 Å². The smallest absolute Gasteiger partial charge is 0.530 e. The van der Waals surface area contributed by atoms with Crippen molar-refractivity contribution in [2.75, 3.05) is 13.2 Å². The Morgan fingerprint density at radius 3 is 2.39 bits per heavy atom. The molecule has 13 nitrogen and oxygen atoms in total. The summed E-state index contributed by atoms with van der Waals surface area (Å²) in [5, 5.41) is 37.1. The van der Waals surface area contributed by atoms with Crippen molar-refractivity contribution in [3.8, 4) is 23.0 Å². The Morgan fingerprint density at radius 1 is 1.28 bits per heavy atom. The van der Waals surface area contributed by atoms with Gasteiger partial charge in [0, 0.05) is 16.8 Å². The van der Waals surface area contributed by atoms with Gasteiger partial charge in [0.15, 0.2) is 0 Å². The van der Waals surface area contributed by atoms with Crippen molar-refractivity contribution < 1.29 is 37.9 Å². The molecule has 0 bridgehead atoms. The summed E-state index contributed by atoms with van der Waals surface area (Å²) in [6, 6.07) is 1.88. The largest absolute Gasteiger partial charge is 0.865 e. The molecular formula is C20H22Cl2N4O9P-. The monoisotopic (exact) mass is 563 g/mol. The Bertz CT molecular complexity index is 1270. The summed E-state index contributed by atoms with van der Waals surface area (Å²) in [6.07, 6.45) is 0. The maximum atomic E-state index is 12.8. The van der Waals surface area contributed by atoms with Crippen molar-refractivity contribution in [2.24, 2.45) is 0 Å². The van der Waals surface area contributed by atoms with Crippen LogP contribution < -0.4 is 15.1 Å². The number of phosphoric ester groups is 1. The molecule has 16 heteroatoms. The summed E-state index contributed by atoms with van der Waals surface area (Å²) in [5.74, 6) is -2.35. The number of nitro benzene ring substituents is 1. The van der Waals surface area contributed by atoms with Crippen molar-refractivity contribution in [3.63, 3.8) is 0 Å². The van der Waals surface area contributed by atoms with Gasteiger partial charge in [0.05, 0.1) is 29.3 Å². The minimum absolute atomic E-state index is 0.0331. The number of allylic oxidation sites excluding steroid dienone is 4. The van der Waals surface area contributed by atoms with Crippen LogP contribution in [0.25, 0.3) is 17.0 Å². The molecular weight excluding hydrogens is 542 g/mol. The normalized spacial score (nSPS) is 13.1. The fourth-order valence-electron chi connectivity index (χ4n) is 2.80. The molecule has 0 fully saturated rings. The van der Waals surface area contributed by atoms with Crippen molar-refractivity contribution in [3.05, 3.63) is 56.0 Å². The van der Waals surface area contributed by atoms with E-state index in [-0.39, 0.29) is 46.3 Å². The summed E-state index contributed by atoms with van der Waals surface area (Å²) in [4.78, 5) is 14.7. The van der Waals surface area contributed by atoms with E-state index >= 15 is 0 Å². The summed E-state index contributed by atoms with van der Waals surface area (Å²) in [7, 11) is -4.27. The average Bonchev–Trinajstić information content (AvgIpc) is 3.29. The zero-order valence-electron chi connectivity index (χ0n) is 19.5. The van der Waals surface area contributed by atoms with Crippen LogP contribution in [-0.2, 0) is 13.6 Å². The number of aromatic nitrogens is 2. The SMILES string of the molecule is C=C(C)/C(Cl)=C(C)\C(=C(\Cl)NO)c1noc(-c2cc(OP(=O)(OCC)OCC)c([O-])c([N+](=O)[O-])c2)n1. The lowest BCUT2D eigenvalue weighted by Gasteiger charge is -2.21. The molecule has 0 saturated carbocycles. The third-order valence-electron chi connectivity index (χ3n) is 4.31. The van der Waals surface area contributed by atoms with E-state index < -0.39 is 29.9 Å². The van der Waals surface area contributed by atoms with Crippen LogP contribution in [0.15, 0.2) is 44.6 Å². The van der Waals surface area contributed by atoms with Gasteiger partial charge in [-0.25, -0.2) is 4.57 Å². The second-order valence-corrected chi connectivity index (χ2v) is 9.25. The molecule has 0 spiro atoms. The maximum absolute atomic E-state index is 12.8. The molecule has 0 aliphatic rings. The van der Waals surface area contributed by atoms with Crippen molar-refractivity contribution in [2.45, 2.75) is 27.7 Å². The lowest BCUT2D eigenvalue weighted by atomic mass is 10.1. The number of halogens is 2. The number of nitrogens with zero attached hydrogens (tertiary/aromatic N) is 3. The summed E-state index contributed by atoms with van der Waals surface area (Å²) in [6.45, 7) is 9.79. The second-order valence-electron chi connectivity index (χ2n) is 6.90. The molecule has 0 aliphatic carbocycles. The molecule has 196 valence electrons. The van der Waals surface area contributed by atoms with Gasteiger partial charge in [-0.05, 0) is 44.9 Å². The lowest BCUT2D eigenvalue weighted by Crippen LogP contribution is -2.07. The Balaban J connectivity index is 2.68. The molecule has 0 unspecified atom stereocenters. The first-order valence-corrected chi connectivity index (χ1v) is 12.4. The Kier molecular flexibility index (Phi) is 10.1. The fourth-order valence-corrected chi connectivity index (χ4v) is 4.31. The van der Waals surface area contributed by atoms with E-state index in [4.69, 9.17) is 41.3 Å². The number of hydrogen-bond acceptors (Lipinski definition) is 12. The number of nitro groups is 1. The molecule has 0 amide bonds. The van der Waals surface area contributed by atoms with Crippen LogP contribution >= 0.6 is 31.0 Å². The number of nitrogens with one attached hydrogen (secondary N) is 1. The van der Waals surface area contributed by atoms with Crippen LogP contribution in [0, 0.1) is 10.1 Å². The molecule has 1 heterocycles. The molecule has 2 N–H and O–H groups in total. The van der Waals surface area contributed by atoms with Gasteiger partial charge < -0.3 is 14.2 Å². The van der Waals surface area contributed by atoms with Crippen LogP contribution in [0.3, 0.4) is 0 Å². The zero-order valence-corrected chi connectivity index (χ0v) is 21.9. The summed E-state index contributed by atoms with van der Waals surface area (Å²) < 4.78 is 33.1. The first kappa shape index (κ1) is 29.3. The summed E-state index contributed by atoms with van der Waals surface area (Å²) in [5.41, 5.74) is 1.55. The molecule has 2 aromatic rings. The fraction of sp³-hybridized carbons (Fsp3) is 0.300. The topological polar surface area (TPSA) is 182 Å². The molecule has 0 saturated heterocycles. The molecule has 1 aromatic heterocycles. The Hall–Kier alpha value is -2.93. The predicted octanol–water partition coefficient (Wildman–Crippen LogP) is 5.25. The van der Waals surface area contributed by atoms with Gasteiger partial charge in [-0.15, -0.1) is 0 Å². The quantitative estimate of drug-likeness (QED) is 0.112. The predicted molar refractivity (Wildman–Crippen MR) is 128 cm³/mol. The average molecular weight is 564 g/mol. The number of phosphoric acid groups is 1. The van der Waals surface area contributed by atoms with Gasteiger partial charge in [0.1, 0.15) is 10.9 Å². The van der Waals surface area contributed by atoms with Crippen molar-refractivity contribution >= 4 is 42.3 Å². The van der Waals surface area contributed by atoms with Gasteiger partial charge in [-0.1, -0.05) is 34.9 Å². The highest BCUT2D eigenvalue weighted by Gasteiger charge is 2.30.